The topological polar surface area (TPSA) is 72.9 Å². The first-order valence-electron chi connectivity index (χ1n) is 7.38. The number of benzene rings is 2. The summed E-state index contributed by atoms with van der Waals surface area (Å²) in [6.45, 7) is -0.135. The van der Waals surface area contributed by atoms with Crippen molar-refractivity contribution in [3.05, 3.63) is 64.5 Å². The molecule has 2 amide bonds. The molecule has 0 saturated carbocycles. The van der Waals surface area contributed by atoms with Gasteiger partial charge in [0.25, 0.3) is 11.8 Å². The number of nitrogens with zero attached hydrogens (tertiary/aromatic N) is 1. The third-order valence-electron chi connectivity index (χ3n) is 3.91. The van der Waals surface area contributed by atoms with Crippen molar-refractivity contribution in [2.75, 3.05) is 14.2 Å². The number of hydrogen-bond donors (Lipinski definition) is 0. The van der Waals surface area contributed by atoms with Crippen LogP contribution >= 0.6 is 0 Å². The highest BCUT2D eigenvalue weighted by Crippen LogP contribution is 2.23. The SMILES string of the molecule is COc1ccc(COC(=O)c2ccc3c(c2)C(=O)N(C)C3=O)cc1F. The normalized spacial score (nSPS) is 13.0. The van der Waals surface area contributed by atoms with Crippen LogP contribution in [0.25, 0.3) is 0 Å². The molecule has 25 heavy (non-hydrogen) atoms. The largest absolute Gasteiger partial charge is 0.494 e. The lowest BCUT2D eigenvalue weighted by Crippen LogP contribution is -2.24. The number of carbonyl (C=O) groups is 3. The van der Waals surface area contributed by atoms with E-state index in [1.54, 1.807) is 6.07 Å². The molecular formula is C18H14FNO5. The Kier molecular flexibility index (Phi) is 4.22. The first-order chi connectivity index (χ1) is 11.9. The molecule has 7 heteroatoms. The molecule has 0 saturated heterocycles. The standard InChI is InChI=1S/C18H14FNO5/c1-20-16(21)12-5-4-11(8-13(12)17(20)22)18(23)25-9-10-3-6-15(24-2)14(19)7-10/h3-8H,9H2,1-2H3. The Balaban J connectivity index is 1.74. The fourth-order valence-electron chi connectivity index (χ4n) is 2.52. The van der Waals surface area contributed by atoms with Crippen molar-refractivity contribution in [3.8, 4) is 5.75 Å². The average Bonchev–Trinajstić information content (AvgIpc) is 2.84. The van der Waals surface area contributed by atoms with E-state index < -0.39 is 23.6 Å². The monoisotopic (exact) mass is 343 g/mol. The zero-order valence-electron chi connectivity index (χ0n) is 13.5. The van der Waals surface area contributed by atoms with Gasteiger partial charge in [-0.25, -0.2) is 9.18 Å². The molecular weight excluding hydrogens is 329 g/mol. The van der Waals surface area contributed by atoms with Gasteiger partial charge in [0.15, 0.2) is 11.6 Å². The first kappa shape index (κ1) is 16.6. The van der Waals surface area contributed by atoms with E-state index in [4.69, 9.17) is 9.47 Å². The Hall–Kier alpha value is -3.22. The summed E-state index contributed by atoms with van der Waals surface area (Å²) in [5.41, 5.74) is 1.02. The van der Waals surface area contributed by atoms with Crippen molar-refractivity contribution < 1.29 is 28.2 Å². The van der Waals surface area contributed by atoms with Gasteiger partial charge in [0.1, 0.15) is 6.61 Å². The number of ether oxygens (including phenoxy) is 2. The van der Waals surface area contributed by atoms with Crippen molar-refractivity contribution in [1.82, 2.24) is 4.90 Å². The molecule has 128 valence electrons. The highest BCUT2D eigenvalue weighted by Gasteiger charge is 2.33. The summed E-state index contributed by atoms with van der Waals surface area (Å²) in [7, 11) is 2.73. The van der Waals surface area contributed by atoms with E-state index in [2.05, 4.69) is 0 Å². The van der Waals surface area contributed by atoms with Gasteiger partial charge in [0.05, 0.1) is 23.8 Å². The number of halogens is 1. The van der Waals surface area contributed by atoms with E-state index in [0.717, 1.165) is 4.90 Å². The van der Waals surface area contributed by atoms with Gasteiger partial charge in [-0.2, -0.15) is 0 Å². The Bertz CT molecular complexity index is 893. The number of rotatable bonds is 4. The predicted molar refractivity (Wildman–Crippen MR) is 84.9 cm³/mol. The molecule has 0 fully saturated rings. The lowest BCUT2D eigenvalue weighted by atomic mass is 10.1. The number of hydrogen-bond acceptors (Lipinski definition) is 5. The Morgan fingerprint density at radius 2 is 1.80 bits per heavy atom. The van der Waals surface area contributed by atoms with E-state index >= 15 is 0 Å². The van der Waals surface area contributed by atoms with Crippen LogP contribution in [0.5, 0.6) is 5.75 Å². The minimum absolute atomic E-state index is 0.0981. The maximum atomic E-state index is 13.6. The molecule has 1 aliphatic heterocycles. The Labute approximate surface area is 142 Å². The molecule has 0 atom stereocenters. The van der Waals surface area contributed by atoms with E-state index in [1.165, 1.54) is 44.5 Å². The molecule has 0 radical (unpaired) electrons. The molecule has 6 nitrogen and oxygen atoms in total. The second-order valence-electron chi connectivity index (χ2n) is 5.47. The highest BCUT2D eigenvalue weighted by atomic mass is 19.1. The predicted octanol–water partition coefficient (Wildman–Crippen LogP) is 2.42. The first-order valence-corrected chi connectivity index (χ1v) is 7.38. The molecule has 0 aromatic heterocycles. The van der Waals surface area contributed by atoms with Gasteiger partial charge in [-0.3, -0.25) is 14.5 Å². The molecule has 0 unspecified atom stereocenters. The van der Waals surface area contributed by atoms with Gasteiger partial charge in [-0.15, -0.1) is 0 Å². The molecule has 0 bridgehead atoms. The van der Waals surface area contributed by atoms with Crippen LogP contribution in [0.1, 0.15) is 36.6 Å². The second-order valence-corrected chi connectivity index (χ2v) is 5.47. The Morgan fingerprint density at radius 3 is 2.48 bits per heavy atom. The fraction of sp³-hybridized carbons (Fsp3) is 0.167. The summed E-state index contributed by atoms with van der Waals surface area (Å²) in [6, 6.07) is 8.40. The van der Waals surface area contributed by atoms with Crippen LogP contribution in [0, 0.1) is 5.82 Å². The maximum absolute atomic E-state index is 13.6. The van der Waals surface area contributed by atoms with E-state index in [9.17, 15) is 18.8 Å². The van der Waals surface area contributed by atoms with Crippen LogP contribution in [0.4, 0.5) is 4.39 Å². The zero-order valence-corrected chi connectivity index (χ0v) is 13.5. The third kappa shape index (κ3) is 2.96. The van der Waals surface area contributed by atoms with Crippen LogP contribution in [0.15, 0.2) is 36.4 Å². The van der Waals surface area contributed by atoms with E-state index in [1.807, 2.05) is 0 Å². The van der Waals surface area contributed by atoms with E-state index in [0.29, 0.717) is 5.56 Å². The minimum Gasteiger partial charge on any atom is -0.494 e. The van der Waals surface area contributed by atoms with Gasteiger partial charge in [0.2, 0.25) is 0 Å². The second kappa shape index (κ2) is 6.35. The molecule has 2 aromatic rings. The van der Waals surface area contributed by atoms with Crippen molar-refractivity contribution in [3.63, 3.8) is 0 Å². The molecule has 1 aliphatic rings. The number of esters is 1. The van der Waals surface area contributed by atoms with Gasteiger partial charge in [-0.05, 0) is 35.9 Å². The van der Waals surface area contributed by atoms with E-state index in [-0.39, 0.29) is 29.0 Å². The van der Waals surface area contributed by atoms with Gasteiger partial charge in [0, 0.05) is 7.05 Å². The third-order valence-corrected chi connectivity index (χ3v) is 3.91. The van der Waals surface area contributed by atoms with Crippen LogP contribution in [-0.4, -0.2) is 36.8 Å². The molecule has 0 aliphatic carbocycles. The van der Waals surface area contributed by atoms with Crippen molar-refractivity contribution in [1.29, 1.82) is 0 Å². The van der Waals surface area contributed by atoms with Crippen LogP contribution < -0.4 is 4.74 Å². The number of imide groups is 1. The lowest BCUT2D eigenvalue weighted by Gasteiger charge is -2.07. The molecule has 3 rings (SSSR count). The lowest BCUT2D eigenvalue weighted by molar-refractivity contribution is 0.0472. The smallest absolute Gasteiger partial charge is 0.338 e. The average molecular weight is 343 g/mol. The van der Waals surface area contributed by atoms with Crippen LogP contribution in [0.3, 0.4) is 0 Å². The summed E-state index contributed by atoms with van der Waals surface area (Å²) in [6.07, 6.45) is 0. The quantitative estimate of drug-likeness (QED) is 0.630. The summed E-state index contributed by atoms with van der Waals surface area (Å²) in [5, 5.41) is 0. The van der Waals surface area contributed by atoms with Gasteiger partial charge in [-0.1, -0.05) is 6.07 Å². The van der Waals surface area contributed by atoms with Crippen molar-refractivity contribution in [2.24, 2.45) is 0 Å². The van der Waals surface area contributed by atoms with Gasteiger partial charge >= 0.3 is 5.97 Å². The summed E-state index contributed by atoms with van der Waals surface area (Å²) >= 11 is 0. The molecule has 2 aromatic carbocycles. The molecule has 0 spiro atoms. The van der Waals surface area contributed by atoms with Crippen molar-refractivity contribution >= 4 is 17.8 Å². The minimum atomic E-state index is -0.672. The van der Waals surface area contributed by atoms with Crippen LogP contribution in [0.2, 0.25) is 0 Å². The summed E-state index contributed by atoms with van der Waals surface area (Å²) < 4.78 is 23.6. The summed E-state index contributed by atoms with van der Waals surface area (Å²) in [5.74, 6) is -2.00. The number of amides is 2. The number of fused-ring (bicyclic) bond motifs is 1. The highest BCUT2D eigenvalue weighted by molar-refractivity contribution is 6.21. The molecule has 1 heterocycles. The zero-order chi connectivity index (χ0) is 18.1. The van der Waals surface area contributed by atoms with Gasteiger partial charge < -0.3 is 9.47 Å². The van der Waals surface area contributed by atoms with Crippen molar-refractivity contribution in [2.45, 2.75) is 6.61 Å². The summed E-state index contributed by atoms with van der Waals surface area (Å²) in [4.78, 5) is 36.9. The fourth-order valence-corrected chi connectivity index (χ4v) is 2.52. The molecule has 0 N–H and O–H groups in total. The Morgan fingerprint density at radius 1 is 1.08 bits per heavy atom. The number of methoxy groups -OCH3 is 1. The maximum Gasteiger partial charge on any atom is 0.338 e. The number of carbonyl (C=O) groups excluding carboxylic acids is 3. The van der Waals surface area contributed by atoms with Crippen LogP contribution in [-0.2, 0) is 11.3 Å².